The molecule has 5 nitrogen and oxygen atoms in total. The van der Waals surface area contributed by atoms with E-state index in [-0.39, 0.29) is 11.5 Å². The second kappa shape index (κ2) is 6.32. The van der Waals surface area contributed by atoms with Crippen LogP contribution in [0, 0.1) is 12.8 Å². The molecule has 1 aliphatic rings. The highest BCUT2D eigenvalue weighted by atomic mass is 32.2. The van der Waals surface area contributed by atoms with Gasteiger partial charge in [-0.15, -0.1) is 11.3 Å². The van der Waals surface area contributed by atoms with Crippen molar-refractivity contribution in [1.82, 2.24) is 4.72 Å². The summed E-state index contributed by atoms with van der Waals surface area (Å²) in [5, 5.41) is 11.0. The normalized spacial score (nSPS) is 17.8. The lowest BCUT2D eigenvalue weighted by atomic mass is 10.0. The first kappa shape index (κ1) is 14.9. The molecule has 2 heterocycles. The van der Waals surface area contributed by atoms with Crippen LogP contribution < -0.4 is 4.72 Å². The van der Waals surface area contributed by atoms with Gasteiger partial charge in [-0.05, 0) is 36.6 Å². The summed E-state index contributed by atoms with van der Waals surface area (Å²) in [4.78, 5) is 0.740. The van der Waals surface area contributed by atoms with Gasteiger partial charge in [-0.3, -0.25) is 0 Å². The van der Waals surface area contributed by atoms with E-state index in [1.54, 1.807) is 12.3 Å². The van der Waals surface area contributed by atoms with Gasteiger partial charge in [-0.2, -0.15) is 0 Å². The second-order valence-corrected chi connectivity index (χ2v) is 7.40. The van der Waals surface area contributed by atoms with Crippen LogP contribution in [0.4, 0.5) is 0 Å². The average Bonchev–Trinajstić information content (AvgIpc) is 2.80. The molecule has 7 heteroatoms. The molecule has 108 valence electrons. The van der Waals surface area contributed by atoms with E-state index in [1.807, 2.05) is 0 Å². The molecule has 2 rings (SSSR count). The molecule has 0 aliphatic carbocycles. The van der Waals surface area contributed by atoms with Crippen LogP contribution in [-0.4, -0.2) is 33.3 Å². The number of aryl methyl sites for hydroxylation is 1. The van der Waals surface area contributed by atoms with Crippen molar-refractivity contribution in [3.05, 3.63) is 15.8 Å². The molecule has 0 bridgehead atoms. The summed E-state index contributed by atoms with van der Waals surface area (Å²) in [6, 6.07) is 0. The third-order valence-corrected chi connectivity index (χ3v) is 6.18. The summed E-state index contributed by atoms with van der Waals surface area (Å²) in [6.45, 7) is 3.34. The molecule has 0 saturated carbocycles. The molecular formula is C12H19NO4S2. The first-order chi connectivity index (χ1) is 9.04. The number of sulfonamides is 1. The van der Waals surface area contributed by atoms with E-state index in [9.17, 15) is 13.5 Å². The Hall–Kier alpha value is -0.470. The highest BCUT2D eigenvalue weighted by Crippen LogP contribution is 2.27. The van der Waals surface area contributed by atoms with Crippen LogP contribution in [0.2, 0.25) is 0 Å². The van der Waals surface area contributed by atoms with Crippen molar-refractivity contribution in [1.29, 1.82) is 0 Å². The Balaban J connectivity index is 2.07. The molecule has 0 atom stereocenters. The maximum Gasteiger partial charge on any atom is 0.242 e. The molecule has 0 spiro atoms. The first-order valence-corrected chi connectivity index (χ1v) is 8.66. The van der Waals surface area contributed by atoms with Crippen LogP contribution in [0.3, 0.4) is 0 Å². The number of aliphatic hydroxyl groups excluding tert-OH is 1. The molecule has 0 unspecified atom stereocenters. The third kappa shape index (κ3) is 3.55. The summed E-state index contributed by atoms with van der Waals surface area (Å²) in [5.41, 5.74) is 0.688. The lowest BCUT2D eigenvalue weighted by Crippen LogP contribution is -2.32. The molecule has 1 fully saturated rings. The molecule has 0 aromatic carbocycles. The van der Waals surface area contributed by atoms with Crippen LogP contribution >= 0.6 is 11.3 Å². The van der Waals surface area contributed by atoms with Crippen molar-refractivity contribution in [2.24, 2.45) is 5.92 Å². The molecule has 1 aromatic rings. The SMILES string of the molecule is Cc1csc(CO)c1S(=O)(=O)NCC1CCOCC1. The lowest BCUT2D eigenvalue weighted by molar-refractivity contribution is 0.0678. The van der Waals surface area contributed by atoms with Crippen molar-refractivity contribution >= 4 is 21.4 Å². The van der Waals surface area contributed by atoms with Gasteiger partial charge in [0, 0.05) is 19.8 Å². The number of hydrogen-bond donors (Lipinski definition) is 2. The highest BCUT2D eigenvalue weighted by Gasteiger charge is 2.24. The molecule has 1 aliphatic heterocycles. The van der Waals surface area contributed by atoms with Gasteiger partial charge in [0.1, 0.15) is 4.90 Å². The Labute approximate surface area is 117 Å². The van der Waals surface area contributed by atoms with E-state index in [4.69, 9.17) is 4.74 Å². The molecule has 0 amide bonds. The molecule has 19 heavy (non-hydrogen) atoms. The average molecular weight is 305 g/mol. The Morgan fingerprint density at radius 1 is 1.47 bits per heavy atom. The van der Waals surface area contributed by atoms with Gasteiger partial charge >= 0.3 is 0 Å². The Morgan fingerprint density at radius 3 is 2.79 bits per heavy atom. The van der Waals surface area contributed by atoms with Crippen molar-refractivity contribution in [2.75, 3.05) is 19.8 Å². The van der Waals surface area contributed by atoms with E-state index in [0.717, 1.165) is 12.8 Å². The molecule has 0 radical (unpaired) electrons. The van der Waals surface area contributed by atoms with Gasteiger partial charge in [0.2, 0.25) is 10.0 Å². The Morgan fingerprint density at radius 2 is 2.16 bits per heavy atom. The van der Waals surface area contributed by atoms with E-state index < -0.39 is 10.0 Å². The number of rotatable bonds is 5. The Bertz CT molecular complexity index is 518. The summed E-state index contributed by atoms with van der Waals surface area (Å²) in [7, 11) is -3.53. The number of aliphatic hydroxyl groups is 1. The van der Waals surface area contributed by atoms with Crippen molar-refractivity contribution < 1.29 is 18.3 Å². The van der Waals surface area contributed by atoms with Crippen LogP contribution in [0.5, 0.6) is 0 Å². The van der Waals surface area contributed by atoms with Crippen molar-refractivity contribution in [2.45, 2.75) is 31.3 Å². The topological polar surface area (TPSA) is 75.6 Å². The second-order valence-electron chi connectivity index (χ2n) is 4.74. The fourth-order valence-corrected chi connectivity index (χ4v) is 4.98. The minimum atomic E-state index is -3.53. The summed E-state index contributed by atoms with van der Waals surface area (Å²) < 4.78 is 32.5. The third-order valence-electron chi connectivity index (χ3n) is 3.30. The van der Waals surface area contributed by atoms with Crippen LogP contribution in [0.25, 0.3) is 0 Å². The largest absolute Gasteiger partial charge is 0.391 e. The molecule has 1 aromatic heterocycles. The van der Waals surface area contributed by atoms with Gasteiger partial charge in [0.05, 0.1) is 11.5 Å². The smallest absolute Gasteiger partial charge is 0.242 e. The van der Waals surface area contributed by atoms with E-state index in [2.05, 4.69) is 4.72 Å². The quantitative estimate of drug-likeness (QED) is 0.858. The van der Waals surface area contributed by atoms with Crippen LogP contribution in [-0.2, 0) is 21.4 Å². The fraction of sp³-hybridized carbons (Fsp3) is 0.667. The van der Waals surface area contributed by atoms with Crippen molar-refractivity contribution in [3.63, 3.8) is 0 Å². The zero-order valence-electron chi connectivity index (χ0n) is 10.9. The van der Waals surface area contributed by atoms with Gasteiger partial charge < -0.3 is 9.84 Å². The van der Waals surface area contributed by atoms with Gasteiger partial charge in [-0.25, -0.2) is 13.1 Å². The minimum absolute atomic E-state index is 0.243. The first-order valence-electron chi connectivity index (χ1n) is 6.30. The minimum Gasteiger partial charge on any atom is -0.391 e. The number of ether oxygens (including phenoxy) is 1. The number of thiophene rings is 1. The van der Waals surface area contributed by atoms with Gasteiger partial charge in [0.15, 0.2) is 0 Å². The zero-order chi connectivity index (χ0) is 13.9. The Kier molecular flexibility index (Phi) is 4.97. The number of nitrogens with one attached hydrogen (secondary N) is 1. The maximum atomic E-state index is 12.3. The van der Waals surface area contributed by atoms with Crippen LogP contribution in [0.1, 0.15) is 23.3 Å². The van der Waals surface area contributed by atoms with E-state index >= 15 is 0 Å². The summed E-state index contributed by atoms with van der Waals surface area (Å²) in [6.07, 6.45) is 1.77. The van der Waals surface area contributed by atoms with E-state index in [0.29, 0.717) is 36.1 Å². The molecule has 2 N–H and O–H groups in total. The van der Waals surface area contributed by atoms with Gasteiger partial charge in [0.25, 0.3) is 0 Å². The lowest BCUT2D eigenvalue weighted by Gasteiger charge is -2.22. The molecular weight excluding hydrogens is 286 g/mol. The summed E-state index contributed by atoms with van der Waals surface area (Å²) in [5.74, 6) is 0.333. The monoisotopic (exact) mass is 305 g/mol. The van der Waals surface area contributed by atoms with E-state index in [1.165, 1.54) is 11.3 Å². The summed E-state index contributed by atoms with van der Waals surface area (Å²) >= 11 is 1.28. The van der Waals surface area contributed by atoms with Crippen molar-refractivity contribution in [3.8, 4) is 0 Å². The number of hydrogen-bond acceptors (Lipinski definition) is 5. The molecule has 1 saturated heterocycles. The van der Waals surface area contributed by atoms with Gasteiger partial charge in [-0.1, -0.05) is 0 Å². The zero-order valence-corrected chi connectivity index (χ0v) is 12.5. The van der Waals surface area contributed by atoms with Crippen LogP contribution in [0.15, 0.2) is 10.3 Å². The highest BCUT2D eigenvalue weighted by molar-refractivity contribution is 7.89. The standard InChI is InChI=1S/C12H19NO4S2/c1-9-8-18-11(7-14)12(9)19(15,16)13-6-10-2-4-17-5-3-10/h8,10,13-14H,2-7H2,1H3. The fourth-order valence-electron chi connectivity index (χ4n) is 2.21. The maximum absolute atomic E-state index is 12.3. The predicted molar refractivity (Wildman–Crippen MR) is 73.7 cm³/mol. The predicted octanol–water partition coefficient (Wildman–Crippen LogP) is 1.25.